The highest BCUT2D eigenvalue weighted by atomic mass is 35.5. The Morgan fingerprint density at radius 3 is 2.86 bits per heavy atom. The number of hydrogen-bond donors (Lipinski definition) is 2. The van der Waals surface area contributed by atoms with Crippen LogP contribution in [0.25, 0.3) is 0 Å². The van der Waals surface area contributed by atoms with Gasteiger partial charge in [0.2, 0.25) is 5.95 Å². The van der Waals surface area contributed by atoms with E-state index < -0.39 is 4.92 Å². The van der Waals surface area contributed by atoms with E-state index in [1.165, 1.54) is 23.0 Å². The minimum absolute atomic E-state index is 0.0549. The summed E-state index contributed by atoms with van der Waals surface area (Å²) >= 11 is 5.66. The Kier molecular flexibility index (Phi) is 4.08. The van der Waals surface area contributed by atoms with Gasteiger partial charge in [-0.3, -0.25) is 10.1 Å². The number of nitro groups is 1. The highest BCUT2D eigenvalue weighted by molar-refractivity contribution is 6.17. The topological polar surface area (TPSA) is 120 Å². The summed E-state index contributed by atoms with van der Waals surface area (Å²) in [6, 6.07) is 2.42. The second kappa shape index (κ2) is 5.80. The minimum atomic E-state index is -0.567. The molecular weight excluding hydrogens is 298 g/mol. The van der Waals surface area contributed by atoms with Crippen molar-refractivity contribution >= 4 is 29.5 Å². The van der Waals surface area contributed by atoms with Crippen LogP contribution in [0.4, 0.5) is 11.6 Å². The quantitative estimate of drug-likeness (QED) is 0.387. The van der Waals surface area contributed by atoms with Crippen molar-refractivity contribution in [3.05, 3.63) is 45.3 Å². The zero-order valence-corrected chi connectivity index (χ0v) is 11.8. The first-order valence-corrected chi connectivity index (χ1v) is 6.38. The molecule has 1 heterocycles. The van der Waals surface area contributed by atoms with E-state index in [1.807, 2.05) is 0 Å². The lowest BCUT2D eigenvalue weighted by atomic mass is 10.1. The summed E-state index contributed by atoms with van der Waals surface area (Å²) in [6.45, 7) is 1.75. The van der Waals surface area contributed by atoms with E-state index in [0.717, 1.165) is 0 Å². The van der Waals surface area contributed by atoms with Crippen LogP contribution in [0.3, 0.4) is 0 Å². The fourth-order valence-electron chi connectivity index (χ4n) is 1.73. The van der Waals surface area contributed by atoms with Gasteiger partial charge in [0.1, 0.15) is 5.75 Å². The Morgan fingerprint density at radius 2 is 2.33 bits per heavy atom. The fraction of sp³-hybridized carbons (Fsp3) is 0.167. The number of non-ortho nitro benzene ring substituents is 1. The Balaban J connectivity index is 2.45. The molecule has 0 aliphatic carbocycles. The van der Waals surface area contributed by atoms with Crippen molar-refractivity contribution in [1.29, 1.82) is 0 Å². The number of nitro benzene ring substituents is 1. The molecule has 0 unspecified atom stereocenters. The number of aromatic hydroxyl groups is 1. The number of nitrogens with two attached hydrogens (primary N) is 1. The summed E-state index contributed by atoms with van der Waals surface area (Å²) in [5.74, 6) is -0.0401. The molecule has 3 N–H and O–H groups in total. The second-order valence-electron chi connectivity index (χ2n) is 4.26. The van der Waals surface area contributed by atoms with Gasteiger partial charge in [0.15, 0.2) is 0 Å². The molecule has 9 heteroatoms. The molecule has 1 aromatic heterocycles. The SMILES string of the molecule is Cc1cn(N=Cc2cc([N+](=O)[O-])cc(CCl)c2O)c(N)n1. The maximum Gasteiger partial charge on any atom is 0.270 e. The zero-order chi connectivity index (χ0) is 15.6. The average Bonchev–Trinajstić information content (AvgIpc) is 2.75. The summed E-state index contributed by atoms with van der Waals surface area (Å²) in [4.78, 5) is 14.3. The monoisotopic (exact) mass is 309 g/mol. The van der Waals surface area contributed by atoms with Crippen LogP contribution in [0.1, 0.15) is 16.8 Å². The second-order valence-corrected chi connectivity index (χ2v) is 4.53. The van der Waals surface area contributed by atoms with Gasteiger partial charge < -0.3 is 10.8 Å². The van der Waals surface area contributed by atoms with Crippen molar-refractivity contribution in [2.75, 3.05) is 5.73 Å². The molecule has 0 aliphatic rings. The smallest absolute Gasteiger partial charge is 0.270 e. The van der Waals surface area contributed by atoms with Gasteiger partial charge >= 0.3 is 0 Å². The summed E-state index contributed by atoms with van der Waals surface area (Å²) < 4.78 is 1.30. The molecule has 0 saturated heterocycles. The number of phenolic OH excluding ortho intramolecular Hbond substituents is 1. The van der Waals surface area contributed by atoms with Crippen LogP contribution >= 0.6 is 11.6 Å². The highest BCUT2D eigenvalue weighted by Gasteiger charge is 2.14. The third kappa shape index (κ3) is 3.11. The van der Waals surface area contributed by atoms with Crippen LogP contribution in [-0.4, -0.2) is 25.9 Å². The Labute approximate surface area is 124 Å². The molecule has 2 rings (SSSR count). The number of nitrogens with zero attached hydrogens (tertiary/aromatic N) is 4. The lowest BCUT2D eigenvalue weighted by Gasteiger charge is -2.04. The molecule has 0 amide bonds. The van der Waals surface area contributed by atoms with Crippen molar-refractivity contribution in [3.8, 4) is 5.75 Å². The van der Waals surface area contributed by atoms with E-state index in [9.17, 15) is 15.2 Å². The summed E-state index contributed by atoms with van der Waals surface area (Å²) in [5, 5.41) is 24.9. The van der Waals surface area contributed by atoms with Crippen LogP contribution in [-0.2, 0) is 5.88 Å². The van der Waals surface area contributed by atoms with Gasteiger partial charge in [-0.15, -0.1) is 11.6 Å². The van der Waals surface area contributed by atoms with E-state index in [1.54, 1.807) is 13.1 Å². The number of rotatable bonds is 4. The van der Waals surface area contributed by atoms with Gasteiger partial charge in [-0.25, -0.2) is 9.66 Å². The standard InChI is InChI=1S/C12H12ClN5O3/c1-7-6-17(12(14)16-7)15-5-9-3-10(18(20)21)2-8(4-13)11(9)19/h2-3,5-6,19H,4H2,1H3,(H2,14,16). The number of nitrogen functional groups attached to an aromatic ring is 1. The molecular formula is C12H12ClN5O3. The number of aryl methyl sites for hydroxylation is 1. The molecule has 0 spiro atoms. The average molecular weight is 310 g/mol. The van der Waals surface area contributed by atoms with E-state index in [-0.39, 0.29) is 34.4 Å². The molecule has 21 heavy (non-hydrogen) atoms. The third-order valence-corrected chi connectivity index (χ3v) is 3.00. The minimum Gasteiger partial charge on any atom is -0.507 e. The third-order valence-electron chi connectivity index (χ3n) is 2.71. The van der Waals surface area contributed by atoms with Crippen LogP contribution in [0.15, 0.2) is 23.4 Å². The molecule has 0 atom stereocenters. The number of anilines is 1. The van der Waals surface area contributed by atoms with Gasteiger partial charge in [0.05, 0.1) is 28.9 Å². The Morgan fingerprint density at radius 1 is 1.62 bits per heavy atom. The Bertz CT molecular complexity index is 726. The lowest BCUT2D eigenvalue weighted by molar-refractivity contribution is -0.384. The molecule has 0 aliphatic heterocycles. The van der Waals surface area contributed by atoms with Gasteiger partial charge in [-0.2, -0.15) is 5.10 Å². The number of phenols is 1. The molecule has 8 nitrogen and oxygen atoms in total. The highest BCUT2D eigenvalue weighted by Crippen LogP contribution is 2.28. The summed E-state index contributed by atoms with van der Waals surface area (Å²) in [5.41, 5.74) is 6.54. The zero-order valence-electron chi connectivity index (χ0n) is 11.0. The predicted octanol–water partition coefficient (Wildman–Crippen LogP) is 2.01. The molecule has 2 aromatic rings. The molecule has 0 fully saturated rings. The molecule has 0 radical (unpaired) electrons. The number of hydrogen-bond acceptors (Lipinski definition) is 6. The molecule has 1 aromatic carbocycles. The van der Waals surface area contributed by atoms with E-state index in [2.05, 4.69) is 10.1 Å². The van der Waals surface area contributed by atoms with Crippen molar-refractivity contribution in [2.45, 2.75) is 12.8 Å². The van der Waals surface area contributed by atoms with Gasteiger partial charge in [-0.05, 0) is 6.92 Å². The first kappa shape index (κ1) is 14.8. The van der Waals surface area contributed by atoms with E-state index in [4.69, 9.17) is 17.3 Å². The van der Waals surface area contributed by atoms with Crippen molar-refractivity contribution in [3.63, 3.8) is 0 Å². The maximum atomic E-state index is 10.9. The Hall–Kier alpha value is -2.61. The number of halogens is 1. The number of imidazole rings is 1. The van der Waals surface area contributed by atoms with Crippen LogP contribution < -0.4 is 5.73 Å². The normalized spacial score (nSPS) is 11.1. The van der Waals surface area contributed by atoms with Crippen LogP contribution in [0.2, 0.25) is 0 Å². The maximum absolute atomic E-state index is 10.9. The number of alkyl halides is 1. The van der Waals surface area contributed by atoms with E-state index in [0.29, 0.717) is 5.69 Å². The number of benzene rings is 1. The fourth-order valence-corrected chi connectivity index (χ4v) is 1.93. The van der Waals surface area contributed by atoms with Gasteiger partial charge in [0.25, 0.3) is 5.69 Å². The van der Waals surface area contributed by atoms with E-state index >= 15 is 0 Å². The van der Waals surface area contributed by atoms with Gasteiger partial charge in [0, 0.05) is 23.3 Å². The predicted molar refractivity (Wildman–Crippen MR) is 78.7 cm³/mol. The number of aromatic nitrogens is 2. The summed E-state index contributed by atoms with van der Waals surface area (Å²) in [7, 11) is 0. The van der Waals surface area contributed by atoms with Crippen molar-refractivity contribution < 1.29 is 10.0 Å². The van der Waals surface area contributed by atoms with Crippen molar-refractivity contribution in [2.24, 2.45) is 5.10 Å². The van der Waals surface area contributed by atoms with Crippen LogP contribution in [0.5, 0.6) is 5.75 Å². The van der Waals surface area contributed by atoms with Crippen LogP contribution in [0, 0.1) is 17.0 Å². The van der Waals surface area contributed by atoms with Crippen molar-refractivity contribution in [1.82, 2.24) is 9.66 Å². The molecule has 0 bridgehead atoms. The first-order valence-electron chi connectivity index (χ1n) is 5.84. The molecule has 0 saturated carbocycles. The first-order chi connectivity index (χ1) is 9.92. The lowest BCUT2D eigenvalue weighted by Crippen LogP contribution is -1.98. The van der Waals surface area contributed by atoms with Gasteiger partial charge in [-0.1, -0.05) is 0 Å². The summed E-state index contributed by atoms with van der Waals surface area (Å²) in [6.07, 6.45) is 2.85. The molecule has 110 valence electrons. The largest absolute Gasteiger partial charge is 0.507 e.